The molecule has 27 heavy (non-hydrogen) atoms. The minimum absolute atomic E-state index is 0.148. The Morgan fingerprint density at radius 3 is 2.56 bits per heavy atom. The lowest BCUT2D eigenvalue weighted by Gasteiger charge is -2.05. The molecule has 0 aliphatic carbocycles. The number of hydrogen-bond acceptors (Lipinski definition) is 5. The second-order valence-electron chi connectivity index (χ2n) is 5.81. The summed E-state index contributed by atoms with van der Waals surface area (Å²) in [4.78, 5) is 41.5. The molecule has 0 bridgehead atoms. The number of amides is 3. The highest BCUT2D eigenvalue weighted by Crippen LogP contribution is 2.25. The van der Waals surface area contributed by atoms with Gasteiger partial charge in [-0.1, -0.05) is 12.1 Å². The summed E-state index contributed by atoms with van der Waals surface area (Å²) in [6.07, 6.45) is 1.82. The Kier molecular flexibility index (Phi) is 5.32. The van der Waals surface area contributed by atoms with E-state index in [4.69, 9.17) is 5.73 Å². The van der Waals surface area contributed by atoms with E-state index in [1.807, 2.05) is 0 Å². The molecule has 1 aromatic carbocycles. The second-order valence-corrected chi connectivity index (χ2v) is 6.67. The van der Waals surface area contributed by atoms with Crippen molar-refractivity contribution >= 4 is 39.9 Å². The standard InChI is InChI=1S/C18H17N5O3S/c1-10(24)21-13-4-2-11(3-5-13)6-16(25)23-18-22-15(9-27-18)12-7-14(17(19)26)20-8-12/h2-5,7-9,20H,6H2,1H3,(H2,19,26)(H,21,24)(H,22,23,25). The first kappa shape index (κ1) is 18.3. The molecule has 2 aromatic heterocycles. The summed E-state index contributed by atoms with van der Waals surface area (Å²) >= 11 is 1.29. The lowest BCUT2D eigenvalue weighted by atomic mass is 10.1. The maximum absolute atomic E-state index is 12.2. The molecule has 8 nitrogen and oxygen atoms in total. The Balaban J connectivity index is 1.60. The number of carbonyl (C=O) groups is 3. The number of nitrogens with one attached hydrogen (secondary N) is 3. The van der Waals surface area contributed by atoms with Crippen LogP contribution in [0.25, 0.3) is 11.3 Å². The van der Waals surface area contributed by atoms with Crippen LogP contribution in [0.2, 0.25) is 0 Å². The van der Waals surface area contributed by atoms with Gasteiger partial charge in [0.05, 0.1) is 12.1 Å². The van der Waals surface area contributed by atoms with E-state index in [9.17, 15) is 14.4 Å². The molecule has 0 fully saturated rings. The number of hydrogen-bond donors (Lipinski definition) is 4. The number of carbonyl (C=O) groups excluding carboxylic acids is 3. The van der Waals surface area contributed by atoms with Gasteiger partial charge in [-0.25, -0.2) is 4.98 Å². The van der Waals surface area contributed by atoms with Gasteiger partial charge in [0.15, 0.2) is 5.13 Å². The fraction of sp³-hybridized carbons (Fsp3) is 0.111. The van der Waals surface area contributed by atoms with Crippen LogP contribution in [0.15, 0.2) is 41.9 Å². The molecule has 0 spiro atoms. The van der Waals surface area contributed by atoms with Crippen LogP contribution in [0, 0.1) is 0 Å². The summed E-state index contributed by atoms with van der Waals surface area (Å²) in [5, 5.41) is 7.67. The third-order valence-electron chi connectivity index (χ3n) is 3.63. The summed E-state index contributed by atoms with van der Waals surface area (Å²) in [7, 11) is 0. The Morgan fingerprint density at radius 2 is 1.93 bits per heavy atom. The summed E-state index contributed by atoms with van der Waals surface area (Å²) < 4.78 is 0. The van der Waals surface area contributed by atoms with Crippen LogP contribution in [0.3, 0.4) is 0 Å². The Labute approximate surface area is 158 Å². The zero-order valence-electron chi connectivity index (χ0n) is 14.4. The van der Waals surface area contributed by atoms with E-state index in [1.54, 1.807) is 41.9 Å². The van der Waals surface area contributed by atoms with Crippen LogP contribution in [0.1, 0.15) is 23.0 Å². The molecule has 0 saturated carbocycles. The van der Waals surface area contributed by atoms with Gasteiger partial charge in [0.1, 0.15) is 5.69 Å². The predicted molar refractivity (Wildman–Crippen MR) is 103 cm³/mol. The normalized spacial score (nSPS) is 10.4. The average Bonchev–Trinajstić information content (AvgIpc) is 3.25. The summed E-state index contributed by atoms with van der Waals surface area (Å²) in [5.41, 5.74) is 8.36. The maximum Gasteiger partial charge on any atom is 0.265 e. The predicted octanol–water partition coefficient (Wildman–Crippen LogP) is 2.38. The van der Waals surface area contributed by atoms with E-state index >= 15 is 0 Å². The lowest BCUT2D eigenvalue weighted by molar-refractivity contribution is -0.116. The summed E-state index contributed by atoms with van der Waals surface area (Å²) in [6.45, 7) is 1.44. The second kappa shape index (κ2) is 7.83. The minimum atomic E-state index is -0.547. The number of primary amides is 1. The van der Waals surface area contributed by atoms with E-state index < -0.39 is 5.91 Å². The third kappa shape index (κ3) is 4.79. The molecule has 0 aliphatic rings. The van der Waals surface area contributed by atoms with Crippen LogP contribution < -0.4 is 16.4 Å². The number of aromatic amines is 1. The van der Waals surface area contributed by atoms with E-state index in [1.165, 1.54) is 18.3 Å². The van der Waals surface area contributed by atoms with Crippen molar-refractivity contribution in [1.29, 1.82) is 0 Å². The van der Waals surface area contributed by atoms with Crippen LogP contribution in [-0.2, 0) is 16.0 Å². The Hall–Kier alpha value is -3.46. The van der Waals surface area contributed by atoms with Gasteiger partial charge in [0.25, 0.3) is 5.91 Å². The molecule has 2 heterocycles. The first-order valence-corrected chi connectivity index (χ1v) is 8.89. The number of benzene rings is 1. The number of nitrogens with two attached hydrogens (primary N) is 1. The van der Waals surface area contributed by atoms with Crippen molar-refractivity contribution in [2.75, 3.05) is 10.6 Å². The highest BCUT2D eigenvalue weighted by molar-refractivity contribution is 7.14. The van der Waals surface area contributed by atoms with Gasteiger partial charge in [0, 0.05) is 29.8 Å². The van der Waals surface area contributed by atoms with Crippen LogP contribution in [0.5, 0.6) is 0 Å². The smallest absolute Gasteiger partial charge is 0.265 e. The first-order chi connectivity index (χ1) is 12.9. The Bertz CT molecular complexity index is 991. The van der Waals surface area contributed by atoms with Crippen LogP contribution in [-0.4, -0.2) is 27.7 Å². The summed E-state index contributed by atoms with van der Waals surface area (Å²) in [6, 6.07) is 8.66. The molecular formula is C18H17N5O3S. The molecule has 0 unspecified atom stereocenters. The topological polar surface area (TPSA) is 130 Å². The van der Waals surface area contributed by atoms with E-state index in [0.29, 0.717) is 27.8 Å². The van der Waals surface area contributed by atoms with Gasteiger partial charge in [-0.2, -0.15) is 0 Å². The van der Waals surface area contributed by atoms with Crippen molar-refractivity contribution in [1.82, 2.24) is 9.97 Å². The highest BCUT2D eigenvalue weighted by Gasteiger charge is 2.11. The van der Waals surface area contributed by atoms with Crippen molar-refractivity contribution in [2.45, 2.75) is 13.3 Å². The quantitative estimate of drug-likeness (QED) is 0.520. The average molecular weight is 383 g/mol. The zero-order chi connectivity index (χ0) is 19.4. The number of thiazole rings is 1. The molecule has 3 rings (SSSR count). The van der Waals surface area contributed by atoms with Gasteiger partial charge < -0.3 is 21.4 Å². The molecule has 5 N–H and O–H groups in total. The fourth-order valence-corrected chi connectivity index (χ4v) is 3.14. The van der Waals surface area contributed by atoms with Gasteiger partial charge in [-0.3, -0.25) is 14.4 Å². The largest absolute Gasteiger partial charge is 0.364 e. The maximum atomic E-state index is 12.2. The third-order valence-corrected chi connectivity index (χ3v) is 4.39. The van der Waals surface area contributed by atoms with Crippen LogP contribution >= 0.6 is 11.3 Å². The Morgan fingerprint density at radius 1 is 1.19 bits per heavy atom. The minimum Gasteiger partial charge on any atom is -0.364 e. The van der Waals surface area contributed by atoms with E-state index in [2.05, 4.69) is 20.6 Å². The van der Waals surface area contributed by atoms with E-state index in [0.717, 1.165) is 5.56 Å². The molecule has 3 amide bonds. The van der Waals surface area contributed by atoms with E-state index in [-0.39, 0.29) is 18.2 Å². The molecular weight excluding hydrogens is 366 g/mol. The number of rotatable bonds is 6. The van der Waals surface area contributed by atoms with Gasteiger partial charge in [-0.05, 0) is 23.8 Å². The molecule has 0 saturated heterocycles. The SMILES string of the molecule is CC(=O)Nc1ccc(CC(=O)Nc2nc(-c3c[nH]c(C(N)=O)c3)cs2)cc1. The molecule has 0 radical (unpaired) electrons. The van der Waals surface area contributed by atoms with Gasteiger partial charge >= 0.3 is 0 Å². The van der Waals surface area contributed by atoms with Crippen molar-refractivity contribution < 1.29 is 14.4 Å². The van der Waals surface area contributed by atoms with Gasteiger partial charge in [-0.15, -0.1) is 11.3 Å². The molecule has 3 aromatic rings. The van der Waals surface area contributed by atoms with Crippen LogP contribution in [0.4, 0.5) is 10.8 Å². The molecule has 0 atom stereocenters. The summed E-state index contributed by atoms with van der Waals surface area (Å²) in [5.74, 6) is -0.893. The molecule has 0 aliphatic heterocycles. The number of anilines is 2. The van der Waals surface area contributed by atoms with Gasteiger partial charge in [0.2, 0.25) is 11.8 Å². The number of aromatic nitrogens is 2. The van der Waals surface area contributed by atoms with Crippen molar-refractivity contribution in [3.8, 4) is 11.3 Å². The number of H-pyrrole nitrogens is 1. The van der Waals surface area contributed by atoms with Crippen molar-refractivity contribution in [3.63, 3.8) is 0 Å². The molecule has 138 valence electrons. The van der Waals surface area contributed by atoms with Crippen molar-refractivity contribution in [3.05, 3.63) is 53.2 Å². The monoisotopic (exact) mass is 383 g/mol. The molecule has 9 heteroatoms. The highest BCUT2D eigenvalue weighted by atomic mass is 32.1. The fourth-order valence-electron chi connectivity index (χ4n) is 2.41. The zero-order valence-corrected chi connectivity index (χ0v) is 15.2. The first-order valence-electron chi connectivity index (χ1n) is 8.01. The van der Waals surface area contributed by atoms with Crippen molar-refractivity contribution in [2.24, 2.45) is 5.73 Å². The number of nitrogens with zero attached hydrogens (tertiary/aromatic N) is 1. The lowest BCUT2D eigenvalue weighted by Crippen LogP contribution is -2.14.